The summed E-state index contributed by atoms with van der Waals surface area (Å²) in [6, 6.07) is 0. The van der Waals surface area contributed by atoms with Crippen molar-refractivity contribution in [2.24, 2.45) is 0 Å². The number of aromatic nitrogens is 2. The molecule has 0 spiro atoms. The maximum Gasteiger partial charge on any atom is 0.407 e. The van der Waals surface area contributed by atoms with Crippen molar-refractivity contribution < 1.29 is 9.53 Å². The minimum Gasteiger partial charge on any atom is -0.444 e. The van der Waals surface area contributed by atoms with Gasteiger partial charge in [-0.3, -0.25) is 4.68 Å². The molecule has 1 aromatic rings. The Hall–Kier alpha value is -1.46. The molecule has 0 saturated heterocycles. The summed E-state index contributed by atoms with van der Waals surface area (Å²) in [5, 5.41) is 6.79. The van der Waals surface area contributed by atoms with Crippen LogP contribution in [0.25, 0.3) is 0 Å². The number of rotatable bonds is 5. The lowest BCUT2D eigenvalue weighted by molar-refractivity contribution is 0.0527. The Morgan fingerprint density at radius 3 is 2.78 bits per heavy atom. The van der Waals surface area contributed by atoms with E-state index >= 15 is 0 Å². The van der Waals surface area contributed by atoms with Crippen LogP contribution < -0.4 is 10.8 Å². The highest BCUT2D eigenvalue weighted by Crippen LogP contribution is 2.06. The Bertz CT molecular complexity index is 385. The molecule has 6 heteroatoms. The summed E-state index contributed by atoms with van der Waals surface area (Å²) >= 11 is 0. The molecule has 0 atom stereocenters. The zero-order chi connectivity index (χ0) is 13.6. The first-order chi connectivity index (χ1) is 8.37. The summed E-state index contributed by atoms with van der Waals surface area (Å²) in [6.07, 6.45) is 4.85. The van der Waals surface area contributed by atoms with Gasteiger partial charge in [-0.1, -0.05) is 5.46 Å². The maximum atomic E-state index is 11.3. The van der Waals surface area contributed by atoms with Crippen molar-refractivity contribution in [1.82, 2.24) is 15.1 Å². The van der Waals surface area contributed by atoms with Crippen molar-refractivity contribution >= 4 is 19.4 Å². The van der Waals surface area contributed by atoms with Gasteiger partial charge in [0.15, 0.2) is 0 Å². The Morgan fingerprint density at radius 2 is 2.22 bits per heavy atom. The van der Waals surface area contributed by atoms with Crippen LogP contribution in [0.15, 0.2) is 12.4 Å². The number of unbranched alkanes of at least 4 members (excludes halogenated alkanes) is 1. The fraction of sp³-hybridized carbons (Fsp3) is 0.667. The number of carbonyl (C=O) groups is 1. The highest BCUT2D eigenvalue weighted by atomic mass is 16.6. The van der Waals surface area contributed by atoms with Gasteiger partial charge in [-0.25, -0.2) is 4.79 Å². The third-order valence-electron chi connectivity index (χ3n) is 2.14. The molecule has 1 N–H and O–H groups in total. The van der Waals surface area contributed by atoms with E-state index in [1.165, 1.54) is 0 Å². The molecule has 1 heterocycles. The van der Waals surface area contributed by atoms with Crippen LogP contribution in [0.1, 0.15) is 33.6 Å². The third-order valence-corrected chi connectivity index (χ3v) is 2.14. The number of nitrogens with one attached hydrogen (secondary N) is 1. The number of aryl methyl sites for hydroxylation is 1. The minimum atomic E-state index is -0.448. The topological polar surface area (TPSA) is 56.2 Å². The second-order valence-corrected chi connectivity index (χ2v) is 5.17. The molecule has 1 amide bonds. The molecule has 0 unspecified atom stereocenters. The summed E-state index contributed by atoms with van der Waals surface area (Å²) in [4.78, 5) is 11.3. The zero-order valence-corrected chi connectivity index (χ0v) is 11.3. The number of ether oxygens (including phenoxy) is 1. The number of amides is 1. The number of hydrogen-bond donors (Lipinski definition) is 1. The molecular formula is C12H20BN3O2. The number of nitrogens with zero attached hydrogens (tertiary/aromatic N) is 2. The predicted octanol–water partition coefficient (Wildman–Crippen LogP) is 0.982. The molecule has 0 fully saturated rings. The molecule has 0 aliphatic rings. The summed E-state index contributed by atoms with van der Waals surface area (Å²) in [6.45, 7) is 6.93. The molecule has 2 radical (unpaired) electrons. The average Bonchev–Trinajstić information content (AvgIpc) is 2.61. The Morgan fingerprint density at radius 1 is 1.50 bits per heavy atom. The van der Waals surface area contributed by atoms with E-state index in [-0.39, 0.29) is 6.09 Å². The van der Waals surface area contributed by atoms with Gasteiger partial charge in [0, 0.05) is 25.5 Å². The summed E-state index contributed by atoms with van der Waals surface area (Å²) in [5.74, 6) is 0. The second-order valence-electron chi connectivity index (χ2n) is 5.17. The van der Waals surface area contributed by atoms with E-state index < -0.39 is 5.60 Å². The van der Waals surface area contributed by atoms with E-state index in [1.54, 1.807) is 17.1 Å². The maximum absolute atomic E-state index is 11.3. The minimum absolute atomic E-state index is 0.370. The van der Waals surface area contributed by atoms with Crippen LogP contribution in [-0.4, -0.2) is 35.9 Å². The predicted molar refractivity (Wildman–Crippen MR) is 71.1 cm³/mol. The van der Waals surface area contributed by atoms with Crippen LogP contribution >= 0.6 is 0 Å². The fourth-order valence-electron chi connectivity index (χ4n) is 1.41. The quantitative estimate of drug-likeness (QED) is 0.625. The summed E-state index contributed by atoms with van der Waals surface area (Å²) in [7, 11) is 5.55. The first-order valence-electron chi connectivity index (χ1n) is 6.11. The van der Waals surface area contributed by atoms with Gasteiger partial charge >= 0.3 is 6.09 Å². The SMILES string of the molecule is [B]c1cnn(CCCCNC(=O)OC(C)(C)C)c1. The lowest BCUT2D eigenvalue weighted by atomic mass is 10.0. The molecule has 1 aromatic heterocycles. The molecule has 0 saturated carbocycles. The molecule has 98 valence electrons. The largest absolute Gasteiger partial charge is 0.444 e. The van der Waals surface area contributed by atoms with Crippen LogP contribution in [0.4, 0.5) is 4.79 Å². The molecule has 18 heavy (non-hydrogen) atoms. The highest BCUT2D eigenvalue weighted by molar-refractivity contribution is 6.31. The molecule has 0 aliphatic carbocycles. The van der Waals surface area contributed by atoms with E-state index in [1.807, 2.05) is 20.8 Å². The lowest BCUT2D eigenvalue weighted by Crippen LogP contribution is -2.33. The van der Waals surface area contributed by atoms with Crippen LogP contribution in [0.5, 0.6) is 0 Å². The smallest absolute Gasteiger partial charge is 0.407 e. The van der Waals surface area contributed by atoms with Gasteiger partial charge in [0.2, 0.25) is 0 Å². The van der Waals surface area contributed by atoms with Crippen LogP contribution in [0.3, 0.4) is 0 Å². The van der Waals surface area contributed by atoms with Gasteiger partial charge < -0.3 is 10.1 Å². The van der Waals surface area contributed by atoms with Gasteiger partial charge in [0.05, 0.1) is 0 Å². The van der Waals surface area contributed by atoms with E-state index in [4.69, 9.17) is 12.6 Å². The first kappa shape index (κ1) is 14.6. The van der Waals surface area contributed by atoms with E-state index in [2.05, 4.69) is 10.4 Å². The Labute approximate surface area is 109 Å². The van der Waals surface area contributed by atoms with Crippen molar-refractivity contribution in [3.8, 4) is 0 Å². The molecule has 0 bridgehead atoms. The fourth-order valence-corrected chi connectivity index (χ4v) is 1.41. The highest BCUT2D eigenvalue weighted by Gasteiger charge is 2.15. The standard InChI is InChI=1S/C12H20BN3O2/c1-12(2,3)18-11(17)14-6-4-5-7-16-9-10(13)8-15-16/h8-9H,4-7H2,1-3H3,(H,14,17). The van der Waals surface area contributed by atoms with Crippen molar-refractivity contribution in [3.05, 3.63) is 12.4 Å². The normalized spacial score (nSPS) is 11.3. The summed E-state index contributed by atoms with van der Waals surface area (Å²) in [5.41, 5.74) is 0.221. The van der Waals surface area contributed by atoms with E-state index in [0.29, 0.717) is 12.0 Å². The van der Waals surface area contributed by atoms with Crippen molar-refractivity contribution in [3.63, 3.8) is 0 Å². The van der Waals surface area contributed by atoms with Gasteiger partial charge in [-0.2, -0.15) is 5.10 Å². The lowest BCUT2D eigenvalue weighted by Gasteiger charge is -2.19. The van der Waals surface area contributed by atoms with Crippen molar-refractivity contribution in [2.75, 3.05) is 6.54 Å². The third kappa shape index (κ3) is 6.32. The van der Waals surface area contributed by atoms with E-state index in [0.717, 1.165) is 19.4 Å². The van der Waals surface area contributed by atoms with Crippen LogP contribution in [0, 0.1) is 0 Å². The van der Waals surface area contributed by atoms with Crippen molar-refractivity contribution in [1.29, 1.82) is 0 Å². The molecule has 0 aromatic carbocycles. The van der Waals surface area contributed by atoms with Crippen LogP contribution in [0.2, 0.25) is 0 Å². The van der Waals surface area contributed by atoms with Gasteiger partial charge in [0.25, 0.3) is 0 Å². The first-order valence-corrected chi connectivity index (χ1v) is 6.11. The number of carbonyl (C=O) groups excluding carboxylic acids is 1. The summed E-state index contributed by atoms with van der Waals surface area (Å²) < 4.78 is 6.92. The molecule has 1 rings (SSSR count). The Balaban J connectivity index is 2.07. The zero-order valence-electron chi connectivity index (χ0n) is 11.3. The van der Waals surface area contributed by atoms with Gasteiger partial charge in [-0.05, 0) is 33.6 Å². The Kier molecular flexibility index (Phi) is 5.25. The van der Waals surface area contributed by atoms with Gasteiger partial charge in [-0.15, -0.1) is 0 Å². The average molecular weight is 249 g/mol. The number of alkyl carbamates (subject to hydrolysis) is 1. The monoisotopic (exact) mass is 249 g/mol. The van der Waals surface area contributed by atoms with Crippen molar-refractivity contribution in [2.45, 2.75) is 45.8 Å². The number of hydrogen-bond acceptors (Lipinski definition) is 3. The van der Waals surface area contributed by atoms with Crippen LogP contribution in [-0.2, 0) is 11.3 Å². The van der Waals surface area contributed by atoms with Gasteiger partial charge in [0.1, 0.15) is 13.4 Å². The second kappa shape index (κ2) is 6.47. The molecule has 5 nitrogen and oxygen atoms in total. The molecule has 0 aliphatic heterocycles. The molecular weight excluding hydrogens is 229 g/mol. The van der Waals surface area contributed by atoms with E-state index in [9.17, 15) is 4.79 Å².